The molecule has 1 aliphatic rings. The monoisotopic (exact) mass is 598 g/mol. The van der Waals surface area contributed by atoms with Crippen molar-refractivity contribution in [3.05, 3.63) is 107 Å². The zero-order valence-electron chi connectivity index (χ0n) is 24.8. The molecule has 0 radical (unpaired) electrons. The number of phenolic OH excluding ortho intramolecular Hbond substituents is 1. The van der Waals surface area contributed by atoms with Gasteiger partial charge in [-0.25, -0.2) is 8.78 Å². The van der Waals surface area contributed by atoms with Crippen molar-refractivity contribution < 1.29 is 18.7 Å². The number of nitrogen functional groups attached to an aromatic ring is 1. The molecule has 5 rings (SSSR count). The van der Waals surface area contributed by atoms with Gasteiger partial charge in [0.2, 0.25) is 0 Å². The molecule has 0 saturated carbocycles. The fourth-order valence-electron chi connectivity index (χ4n) is 5.39. The number of carbonyl (C=O) groups is 1. The number of hydrogen-bond acceptors (Lipinski definition) is 6. The van der Waals surface area contributed by atoms with Crippen LogP contribution in [0.1, 0.15) is 34.0 Å². The van der Waals surface area contributed by atoms with Crippen molar-refractivity contribution in [3.8, 4) is 16.9 Å². The molecule has 1 amide bonds. The molecule has 1 fully saturated rings. The minimum absolute atomic E-state index is 0.0815. The average molecular weight is 599 g/mol. The molecule has 0 bridgehead atoms. The summed E-state index contributed by atoms with van der Waals surface area (Å²) in [4.78, 5) is 22.3. The number of halogens is 2. The van der Waals surface area contributed by atoms with Crippen molar-refractivity contribution in [3.63, 3.8) is 0 Å². The number of aromatic hydroxyl groups is 1. The summed E-state index contributed by atoms with van der Waals surface area (Å²) in [6.45, 7) is 6.27. The highest BCUT2D eigenvalue weighted by atomic mass is 19.1. The first kappa shape index (κ1) is 30.5. The van der Waals surface area contributed by atoms with Crippen LogP contribution in [0.2, 0.25) is 0 Å². The minimum Gasteiger partial charge on any atom is -0.505 e. The molecule has 0 spiro atoms. The van der Waals surface area contributed by atoms with Crippen LogP contribution >= 0.6 is 0 Å². The van der Waals surface area contributed by atoms with Gasteiger partial charge in [-0.1, -0.05) is 18.2 Å². The van der Waals surface area contributed by atoms with Crippen LogP contribution in [-0.2, 0) is 6.42 Å². The Balaban J connectivity index is 1.51. The summed E-state index contributed by atoms with van der Waals surface area (Å²) in [6, 6.07) is 19.1. The number of amidine groups is 1. The van der Waals surface area contributed by atoms with Gasteiger partial charge >= 0.3 is 0 Å². The second kappa shape index (κ2) is 13.1. The van der Waals surface area contributed by atoms with Gasteiger partial charge in [-0.3, -0.25) is 4.79 Å². The van der Waals surface area contributed by atoms with Crippen LogP contribution < -0.4 is 21.7 Å². The molecule has 10 heteroatoms. The van der Waals surface area contributed by atoms with E-state index in [0.717, 1.165) is 31.9 Å². The zero-order chi connectivity index (χ0) is 31.4. The number of nitrogens with one attached hydrogen (secondary N) is 1. The molecule has 0 aliphatic carbocycles. The van der Waals surface area contributed by atoms with Crippen LogP contribution in [0.15, 0.2) is 77.8 Å². The predicted octanol–water partition coefficient (Wildman–Crippen LogP) is 5.24. The van der Waals surface area contributed by atoms with E-state index in [9.17, 15) is 18.7 Å². The zero-order valence-corrected chi connectivity index (χ0v) is 24.8. The quantitative estimate of drug-likeness (QED) is 0.124. The number of piperazine rings is 1. The highest BCUT2D eigenvalue weighted by Crippen LogP contribution is 2.33. The Kier molecular flexibility index (Phi) is 9.10. The van der Waals surface area contributed by atoms with Crippen molar-refractivity contribution >= 4 is 28.8 Å². The predicted molar refractivity (Wildman–Crippen MR) is 172 cm³/mol. The van der Waals surface area contributed by atoms with Gasteiger partial charge < -0.3 is 31.7 Å². The summed E-state index contributed by atoms with van der Waals surface area (Å²) >= 11 is 0. The van der Waals surface area contributed by atoms with Crippen LogP contribution in [-0.4, -0.2) is 61.5 Å². The van der Waals surface area contributed by atoms with Gasteiger partial charge in [-0.05, 0) is 97.2 Å². The van der Waals surface area contributed by atoms with E-state index in [2.05, 4.69) is 27.2 Å². The molecule has 4 aromatic carbocycles. The lowest BCUT2D eigenvalue weighted by atomic mass is 9.91. The lowest BCUT2D eigenvalue weighted by molar-refractivity contribution is 0.100. The number of hydrogen-bond donors (Lipinski definition) is 4. The van der Waals surface area contributed by atoms with Crippen molar-refractivity contribution in [1.82, 2.24) is 4.90 Å². The van der Waals surface area contributed by atoms with Gasteiger partial charge in [-0.2, -0.15) is 4.99 Å². The van der Waals surface area contributed by atoms with E-state index in [0.29, 0.717) is 45.6 Å². The topological polar surface area (TPSA) is 120 Å². The van der Waals surface area contributed by atoms with Crippen LogP contribution in [0.25, 0.3) is 11.1 Å². The highest BCUT2D eigenvalue weighted by molar-refractivity contribution is 6.13. The maximum atomic E-state index is 14.3. The van der Waals surface area contributed by atoms with E-state index in [4.69, 9.17) is 11.5 Å². The first-order valence-corrected chi connectivity index (χ1v) is 14.5. The number of likely N-dealkylation sites (N-methyl/N-ethyl adjacent to an activating group) is 1. The van der Waals surface area contributed by atoms with E-state index in [1.54, 1.807) is 36.4 Å². The SMILES string of the molecule is CCNc1cc(N2CCN(C)CC2)ccc1C(=O)N=C(N)c1cc(Cc2cccc(F)c2)c(-c2ccc(O)c(F)c2)cc1N. The van der Waals surface area contributed by atoms with Gasteiger partial charge in [-0.15, -0.1) is 0 Å². The van der Waals surface area contributed by atoms with Gasteiger partial charge in [0.25, 0.3) is 5.91 Å². The van der Waals surface area contributed by atoms with Crippen LogP contribution in [0.4, 0.5) is 25.8 Å². The number of anilines is 3. The lowest BCUT2D eigenvalue weighted by Gasteiger charge is -2.34. The molecule has 6 N–H and O–H groups in total. The molecule has 1 saturated heterocycles. The van der Waals surface area contributed by atoms with E-state index >= 15 is 0 Å². The molecule has 0 unspecified atom stereocenters. The lowest BCUT2D eigenvalue weighted by Crippen LogP contribution is -2.44. The number of aliphatic imine (C=N–C) groups is 1. The summed E-state index contributed by atoms with van der Waals surface area (Å²) in [7, 11) is 2.10. The Labute approximate surface area is 255 Å². The molecule has 8 nitrogen and oxygen atoms in total. The van der Waals surface area contributed by atoms with Crippen molar-refractivity contribution in [2.75, 3.05) is 55.7 Å². The molecular weight excluding hydrogens is 562 g/mol. The molecule has 1 heterocycles. The number of carbonyl (C=O) groups excluding carboxylic acids is 1. The number of nitrogens with two attached hydrogens (primary N) is 2. The molecule has 44 heavy (non-hydrogen) atoms. The third-order valence-corrected chi connectivity index (χ3v) is 7.78. The number of amides is 1. The largest absolute Gasteiger partial charge is 0.505 e. The van der Waals surface area contributed by atoms with Gasteiger partial charge in [0.05, 0.1) is 5.56 Å². The number of benzene rings is 4. The maximum Gasteiger partial charge on any atom is 0.281 e. The third kappa shape index (κ3) is 6.81. The van der Waals surface area contributed by atoms with Crippen LogP contribution in [0.3, 0.4) is 0 Å². The normalized spacial score (nSPS) is 14.1. The summed E-state index contributed by atoms with van der Waals surface area (Å²) in [5, 5.41) is 13.0. The number of rotatable bonds is 8. The molecule has 228 valence electrons. The Hall–Kier alpha value is -4.96. The van der Waals surface area contributed by atoms with E-state index < -0.39 is 23.3 Å². The van der Waals surface area contributed by atoms with Crippen molar-refractivity contribution in [2.24, 2.45) is 10.7 Å². The van der Waals surface area contributed by atoms with Gasteiger partial charge in [0.1, 0.15) is 11.7 Å². The Morgan fingerprint density at radius 1 is 0.977 bits per heavy atom. The average Bonchev–Trinajstić information content (AvgIpc) is 2.99. The van der Waals surface area contributed by atoms with E-state index in [1.807, 2.05) is 19.1 Å². The van der Waals surface area contributed by atoms with Crippen LogP contribution in [0.5, 0.6) is 5.75 Å². The first-order chi connectivity index (χ1) is 21.1. The Morgan fingerprint density at radius 3 is 2.45 bits per heavy atom. The molecule has 0 atom stereocenters. The van der Waals surface area contributed by atoms with Crippen molar-refractivity contribution in [1.29, 1.82) is 0 Å². The van der Waals surface area contributed by atoms with Crippen LogP contribution in [0, 0.1) is 11.6 Å². The number of phenols is 1. The van der Waals surface area contributed by atoms with Crippen molar-refractivity contribution in [2.45, 2.75) is 13.3 Å². The minimum atomic E-state index is -0.788. The van der Waals surface area contributed by atoms with E-state index in [1.165, 1.54) is 24.3 Å². The summed E-state index contributed by atoms with van der Waals surface area (Å²) in [5.74, 6) is -2.27. The summed E-state index contributed by atoms with van der Waals surface area (Å²) in [6.07, 6.45) is 0.266. The second-order valence-corrected chi connectivity index (χ2v) is 10.9. The molecule has 0 aromatic heterocycles. The van der Waals surface area contributed by atoms with Gasteiger partial charge in [0, 0.05) is 55.3 Å². The fraction of sp³-hybridized carbons (Fsp3) is 0.235. The summed E-state index contributed by atoms with van der Waals surface area (Å²) in [5.41, 5.74) is 17.8. The first-order valence-electron chi connectivity index (χ1n) is 14.5. The third-order valence-electron chi connectivity index (χ3n) is 7.78. The number of nitrogens with zero attached hydrogens (tertiary/aromatic N) is 3. The molecule has 1 aliphatic heterocycles. The Morgan fingerprint density at radius 2 is 1.75 bits per heavy atom. The maximum absolute atomic E-state index is 14.3. The second-order valence-electron chi connectivity index (χ2n) is 10.9. The van der Waals surface area contributed by atoms with E-state index in [-0.39, 0.29) is 17.9 Å². The Bertz CT molecular complexity index is 1720. The molecule has 4 aromatic rings. The fourth-order valence-corrected chi connectivity index (χ4v) is 5.39. The standard InChI is InChI=1S/C34H36F2N6O2/c1-3-39-31-19-25(42-13-11-41(2)12-14-42)8-9-26(31)34(44)40-33(38)28-17-23(15-21-5-4-6-24(35)16-21)27(20-30(28)37)22-7-10-32(43)29(36)18-22/h4-10,16-20,39,43H,3,11-15,37H2,1-2H3,(H2,38,40,44). The molecular formula is C34H36F2N6O2. The highest BCUT2D eigenvalue weighted by Gasteiger charge is 2.20. The summed E-state index contributed by atoms with van der Waals surface area (Å²) < 4.78 is 28.3. The smallest absolute Gasteiger partial charge is 0.281 e. The van der Waals surface area contributed by atoms with Gasteiger partial charge in [0.15, 0.2) is 11.6 Å².